The number of hydrogen-bond acceptors (Lipinski definition) is 4. The predicted molar refractivity (Wildman–Crippen MR) is 217 cm³/mol. The van der Waals surface area contributed by atoms with Crippen LogP contribution in [0.2, 0.25) is 0 Å². The molecule has 50 heavy (non-hydrogen) atoms. The van der Waals surface area contributed by atoms with Gasteiger partial charge in [-0.05, 0) is 107 Å². The second-order valence-electron chi connectivity index (χ2n) is 12.9. The molecule has 11 rings (SSSR count). The van der Waals surface area contributed by atoms with Gasteiger partial charge in [-0.15, -0.1) is 22.7 Å². The van der Waals surface area contributed by atoms with Crippen LogP contribution >= 0.6 is 22.7 Å². The third kappa shape index (κ3) is 4.32. The van der Waals surface area contributed by atoms with E-state index in [1.165, 1.54) is 62.2 Å². The van der Waals surface area contributed by atoms with Crippen molar-refractivity contribution in [3.63, 3.8) is 0 Å². The van der Waals surface area contributed by atoms with Gasteiger partial charge < -0.3 is 9.32 Å². The van der Waals surface area contributed by atoms with Gasteiger partial charge in [0.2, 0.25) is 0 Å². The Kier molecular flexibility index (Phi) is 6.03. The topological polar surface area (TPSA) is 16.4 Å². The maximum Gasteiger partial charge on any atom is 0.136 e. The molecule has 0 spiro atoms. The van der Waals surface area contributed by atoms with Gasteiger partial charge >= 0.3 is 0 Å². The van der Waals surface area contributed by atoms with Gasteiger partial charge in [0.05, 0.1) is 0 Å². The Hall–Kier alpha value is -5.94. The standard InChI is InChI=1S/C46H27NOS2/c1-4-10-41-35(7-1)38-24-31-23-29(13-14-30(31)25-42(38)48-41)28-15-17-32(18-16-28)47(33-19-21-45-39(26-33)36-8-2-5-11-43(36)49-45)34-20-22-46-40(27-34)37-9-3-6-12-44(37)50-46/h1-27H. The minimum Gasteiger partial charge on any atom is -0.456 e. The van der Waals surface area contributed by atoms with Crippen molar-refractivity contribution in [2.24, 2.45) is 0 Å². The molecule has 0 fully saturated rings. The molecule has 0 N–H and O–H groups in total. The second-order valence-corrected chi connectivity index (χ2v) is 15.1. The Bertz CT molecular complexity index is 2990. The summed E-state index contributed by atoms with van der Waals surface area (Å²) in [5, 5.41) is 9.89. The van der Waals surface area contributed by atoms with E-state index in [9.17, 15) is 0 Å². The van der Waals surface area contributed by atoms with E-state index in [4.69, 9.17) is 4.42 Å². The molecule has 3 aromatic heterocycles. The highest BCUT2D eigenvalue weighted by Gasteiger charge is 2.17. The number of furan rings is 1. The molecule has 0 atom stereocenters. The van der Waals surface area contributed by atoms with E-state index < -0.39 is 0 Å². The van der Waals surface area contributed by atoms with Crippen LogP contribution in [0.5, 0.6) is 0 Å². The fourth-order valence-electron chi connectivity index (χ4n) is 7.60. The number of para-hydroxylation sites is 1. The van der Waals surface area contributed by atoms with Crippen LogP contribution in [0.15, 0.2) is 168 Å². The van der Waals surface area contributed by atoms with Gasteiger partial charge in [-0.3, -0.25) is 0 Å². The summed E-state index contributed by atoms with van der Waals surface area (Å²) in [6.45, 7) is 0. The highest BCUT2D eigenvalue weighted by Crippen LogP contribution is 2.44. The second kappa shape index (κ2) is 10.8. The Morgan fingerprint density at radius 3 is 1.58 bits per heavy atom. The van der Waals surface area contributed by atoms with E-state index in [1.54, 1.807) is 0 Å². The number of hydrogen-bond donors (Lipinski definition) is 0. The Morgan fingerprint density at radius 2 is 0.900 bits per heavy atom. The summed E-state index contributed by atoms with van der Waals surface area (Å²) < 4.78 is 11.4. The molecule has 11 aromatic rings. The molecule has 4 heteroatoms. The molecule has 0 amide bonds. The average molecular weight is 674 g/mol. The van der Waals surface area contributed by atoms with Crippen LogP contribution < -0.4 is 4.90 Å². The summed E-state index contributed by atoms with van der Waals surface area (Å²) in [6, 6.07) is 59.8. The summed E-state index contributed by atoms with van der Waals surface area (Å²) in [4.78, 5) is 2.41. The molecule has 2 nitrogen and oxygen atoms in total. The lowest BCUT2D eigenvalue weighted by Crippen LogP contribution is -2.09. The first-order valence-corrected chi connectivity index (χ1v) is 18.5. The maximum atomic E-state index is 6.16. The monoisotopic (exact) mass is 673 g/mol. The molecule has 0 saturated carbocycles. The molecule has 0 unspecified atom stereocenters. The van der Waals surface area contributed by atoms with Gasteiger partial charge in [0.1, 0.15) is 11.2 Å². The number of fused-ring (bicyclic) bond motifs is 10. The minimum absolute atomic E-state index is 0.927. The fourth-order valence-corrected chi connectivity index (χ4v) is 9.78. The van der Waals surface area contributed by atoms with Gasteiger partial charge in [0.15, 0.2) is 0 Å². The molecular formula is C46H27NOS2. The van der Waals surface area contributed by atoms with E-state index in [0.717, 1.165) is 39.0 Å². The lowest BCUT2D eigenvalue weighted by atomic mass is 9.99. The smallest absolute Gasteiger partial charge is 0.136 e. The van der Waals surface area contributed by atoms with E-state index in [2.05, 4.69) is 157 Å². The summed E-state index contributed by atoms with van der Waals surface area (Å²) in [6.07, 6.45) is 0. The quantitative estimate of drug-likeness (QED) is 0.185. The summed E-state index contributed by atoms with van der Waals surface area (Å²) in [7, 11) is 0. The molecule has 234 valence electrons. The van der Waals surface area contributed by atoms with Crippen molar-refractivity contribution in [3.05, 3.63) is 164 Å². The largest absolute Gasteiger partial charge is 0.456 e. The zero-order chi connectivity index (χ0) is 32.8. The minimum atomic E-state index is 0.927. The lowest BCUT2D eigenvalue weighted by Gasteiger charge is -2.26. The molecule has 0 bridgehead atoms. The average Bonchev–Trinajstić information content (AvgIpc) is 3.85. The molecule has 0 aliphatic carbocycles. The van der Waals surface area contributed by atoms with E-state index in [0.29, 0.717) is 0 Å². The van der Waals surface area contributed by atoms with Gasteiger partial charge in [-0.1, -0.05) is 78.9 Å². The van der Waals surface area contributed by atoms with Crippen LogP contribution in [0.1, 0.15) is 0 Å². The van der Waals surface area contributed by atoms with Crippen LogP contribution in [0.4, 0.5) is 17.1 Å². The Labute approximate surface area is 295 Å². The van der Waals surface area contributed by atoms with Gasteiger partial charge in [0.25, 0.3) is 0 Å². The van der Waals surface area contributed by atoms with Gasteiger partial charge in [-0.25, -0.2) is 0 Å². The third-order valence-electron chi connectivity index (χ3n) is 10.0. The van der Waals surface area contributed by atoms with Gasteiger partial charge in [-0.2, -0.15) is 0 Å². The summed E-state index contributed by atoms with van der Waals surface area (Å²) in [5.74, 6) is 0. The molecular weight excluding hydrogens is 647 g/mol. The molecule has 8 aromatic carbocycles. The van der Waals surface area contributed by atoms with Crippen LogP contribution in [0.25, 0.3) is 84.2 Å². The zero-order valence-electron chi connectivity index (χ0n) is 26.8. The van der Waals surface area contributed by atoms with Crippen molar-refractivity contribution in [2.45, 2.75) is 0 Å². The Balaban J connectivity index is 1.05. The van der Waals surface area contributed by atoms with E-state index in [-0.39, 0.29) is 0 Å². The van der Waals surface area contributed by atoms with Crippen molar-refractivity contribution in [1.29, 1.82) is 0 Å². The SMILES string of the molecule is c1ccc2c(c1)oc1cc3ccc(-c4ccc(N(c5ccc6sc7ccccc7c6c5)c5ccc6sc7ccccc7c6c5)cc4)cc3cc12. The molecule has 0 aliphatic rings. The number of rotatable bonds is 4. The van der Waals surface area contributed by atoms with Crippen molar-refractivity contribution < 1.29 is 4.42 Å². The first-order chi connectivity index (χ1) is 24.7. The zero-order valence-corrected chi connectivity index (χ0v) is 28.4. The van der Waals surface area contributed by atoms with Crippen molar-refractivity contribution in [1.82, 2.24) is 0 Å². The highest BCUT2D eigenvalue weighted by atomic mass is 32.1. The van der Waals surface area contributed by atoms with Crippen molar-refractivity contribution in [3.8, 4) is 11.1 Å². The van der Waals surface area contributed by atoms with Crippen LogP contribution in [0.3, 0.4) is 0 Å². The molecule has 3 heterocycles. The Morgan fingerprint density at radius 1 is 0.340 bits per heavy atom. The molecule has 0 radical (unpaired) electrons. The fraction of sp³-hybridized carbons (Fsp3) is 0. The summed E-state index contributed by atoms with van der Waals surface area (Å²) >= 11 is 3.71. The van der Waals surface area contributed by atoms with Crippen molar-refractivity contribution in [2.75, 3.05) is 4.90 Å². The first kappa shape index (κ1) is 28.0. The third-order valence-corrected chi connectivity index (χ3v) is 12.3. The number of nitrogens with zero attached hydrogens (tertiary/aromatic N) is 1. The maximum absolute atomic E-state index is 6.16. The van der Waals surface area contributed by atoms with Crippen molar-refractivity contribution >= 4 is 113 Å². The number of anilines is 3. The normalized spacial score (nSPS) is 12.0. The van der Waals surface area contributed by atoms with Crippen LogP contribution in [-0.4, -0.2) is 0 Å². The van der Waals surface area contributed by atoms with E-state index >= 15 is 0 Å². The first-order valence-electron chi connectivity index (χ1n) is 16.8. The lowest BCUT2D eigenvalue weighted by molar-refractivity contribution is 0.669. The van der Waals surface area contributed by atoms with Crippen LogP contribution in [0, 0.1) is 0 Å². The van der Waals surface area contributed by atoms with Crippen LogP contribution in [-0.2, 0) is 0 Å². The highest BCUT2D eigenvalue weighted by molar-refractivity contribution is 7.26. The van der Waals surface area contributed by atoms with E-state index in [1.807, 2.05) is 34.8 Å². The molecule has 0 aliphatic heterocycles. The number of thiophene rings is 2. The van der Waals surface area contributed by atoms with Gasteiger partial charge in [0, 0.05) is 68.2 Å². The molecule has 0 saturated heterocycles. The number of benzene rings is 8. The predicted octanol–water partition coefficient (Wildman–Crippen LogP) is 14.6. The summed E-state index contributed by atoms with van der Waals surface area (Å²) in [5.41, 5.74) is 7.66.